The molecule has 2 amide bonds. The van der Waals surface area contributed by atoms with E-state index in [1.807, 2.05) is 112 Å². The zero-order valence-corrected chi connectivity index (χ0v) is 33.0. The van der Waals surface area contributed by atoms with E-state index in [1.54, 1.807) is 22.8 Å². The zero-order chi connectivity index (χ0) is 40.3. The fraction of sp³-hybridized carbons (Fsp3) is 0.224. The molecule has 3 heterocycles. The number of aryl methyl sites for hydroxylation is 4. The van der Waals surface area contributed by atoms with Crippen LogP contribution in [0.3, 0.4) is 0 Å². The normalized spacial score (nSPS) is 13.2. The molecule has 9 heteroatoms. The van der Waals surface area contributed by atoms with Crippen LogP contribution in [0.25, 0.3) is 33.0 Å². The lowest BCUT2D eigenvalue weighted by molar-refractivity contribution is 0.0833. The molecule has 0 bridgehead atoms. The quantitative estimate of drug-likeness (QED) is 0.109. The number of carbonyl (C=O) groups is 3. The Kier molecular flexibility index (Phi) is 10.8. The van der Waals surface area contributed by atoms with Crippen molar-refractivity contribution in [3.05, 3.63) is 160 Å². The number of hydrogen-bond acceptors (Lipinski definition) is 7. The first-order valence-electron chi connectivity index (χ1n) is 19.8. The molecule has 1 aliphatic heterocycles. The number of aromatic nitrogens is 1. The number of hydrogen-bond donors (Lipinski definition) is 1. The summed E-state index contributed by atoms with van der Waals surface area (Å²) in [4.78, 5) is 45.1. The van der Waals surface area contributed by atoms with Gasteiger partial charge in [-0.2, -0.15) is 5.26 Å². The summed E-state index contributed by atoms with van der Waals surface area (Å²) in [6, 6.07) is 36.5. The van der Waals surface area contributed by atoms with Crippen LogP contribution in [0.1, 0.15) is 71.9 Å². The number of nitrogens with zero attached hydrogens (tertiary/aromatic N) is 4. The number of benzene rings is 5. The molecule has 290 valence electrons. The van der Waals surface area contributed by atoms with Crippen molar-refractivity contribution in [1.29, 1.82) is 5.26 Å². The summed E-state index contributed by atoms with van der Waals surface area (Å²) < 4.78 is 7.92. The van der Waals surface area contributed by atoms with Gasteiger partial charge >= 0.3 is 0 Å². The lowest BCUT2D eigenvalue weighted by Gasteiger charge is -2.36. The third-order valence-electron chi connectivity index (χ3n) is 11.2. The van der Waals surface area contributed by atoms with Gasteiger partial charge in [-0.25, -0.2) is 0 Å². The zero-order valence-electron chi connectivity index (χ0n) is 33.0. The van der Waals surface area contributed by atoms with Gasteiger partial charge in [0.1, 0.15) is 5.58 Å². The third-order valence-corrected chi connectivity index (χ3v) is 11.2. The maximum absolute atomic E-state index is 13.6. The summed E-state index contributed by atoms with van der Waals surface area (Å²) in [5.41, 5.74) is 9.89. The van der Waals surface area contributed by atoms with Crippen molar-refractivity contribution in [3.8, 4) is 17.2 Å². The molecule has 0 atom stereocenters. The van der Waals surface area contributed by atoms with Crippen LogP contribution in [-0.2, 0) is 6.42 Å². The molecule has 0 unspecified atom stereocenters. The minimum absolute atomic E-state index is 0.0755. The van der Waals surface area contributed by atoms with Gasteiger partial charge in [-0.15, -0.1) is 0 Å². The van der Waals surface area contributed by atoms with E-state index in [-0.39, 0.29) is 11.7 Å². The van der Waals surface area contributed by atoms with Crippen molar-refractivity contribution in [2.45, 2.75) is 40.0 Å². The molecule has 1 N–H and O–H groups in total. The van der Waals surface area contributed by atoms with Gasteiger partial charge in [0.15, 0.2) is 0 Å². The molecule has 58 heavy (non-hydrogen) atoms. The fourth-order valence-electron chi connectivity index (χ4n) is 7.84. The first-order chi connectivity index (χ1) is 28.1. The van der Waals surface area contributed by atoms with Crippen molar-refractivity contribution >= 4 is 45.3 Å². The molecule has 0 radical (unpaired) electrons. The summed E-state index contributed by atoms with van der Waals surface area (Å²) in [6.45, 7) is 10.5. The van der Waals surface area contributed by atoms with Crippen LogP contribution >= 0.6 is 0 Å². The van der Waals surface area contributed by atoms with Gasteiger partial charge in [0, 0.05) is 65.5 Å². The molecule has 2 aromatic heterocycles. The Hall–Kier alpha value is -6.76. The topological polar surface area (TPSA) is 112 Å². The number of rotatable bonds is 10. The lowest BCUT2D eigenvalue weighted by atomic mass is 9.99. The van der Waals surface area contributed by atoms with Crippen LogP contribution in [0.15, 0.2) is 120 Å². The van der Waals surface area contributed by atoms with Gasteiger partial charge in [0.2, 0.25) is 5.76 Å². The van der Waals surface area contributed by atoms with Crippen LogP contribution in [0.2, 0.25) is 0 Å². The van der Waals surface area contributed by atoms with Crippen LogP contribution in [-0.4, -0.2) is 59.9 Å². The monoisotopic (exact) mass is 767 g/mol. The van der Waals surface area contributed by atoms with E-state index in [4.69, 9.17) is 4.42 Å². The number of nitrogens with one attached hydrogen (secondary N) is 1. The highest BCUT2D eigenvalue weighted by Crippen LogP contribution is 2.38. The number of carbonyl (C=O) groups excluding carboxylic acids is 3. The van der Waals surface area contributed by atoms with Gasteiger partial charge in [0.25, 0.3) is 17.7 Å². The molecular formula is C49H45N5O4. The summed E-state index contributed by atoms with van der Waals surface area (Å²) in [5, 5.41) is 13.9. The van der Waals surface area contributed by atoms with Crippen molar-refractivity contribution in [3.63, 3.8) is 0 Å². The van der Waals surface area contributed by atoms with E-state index < -0.39 is 11.8 Å². The molecule has 8 rings (SSSR count). The molecule has 7 aromatic rings. The molecule has 1 saturated heterocycles. The molecule has 0 aliphatic carbocycles. The number of unbranched alkanes of at least 4 members (excludes halogenated alkanes) is 1. The van der Waals surface area contributed by atoms with Crippen LogP contribution in [0.4, 0.5) is 5.69 Å². The number of nitriles is 1. The predicted octanol–water partition coefficient (Wildman–Crippen LogP) is 9.26. The maximum Gasteiger partial charge on any atom is 0.294 e. The summed E-state index contributed by atoms with van der Waals surface area (Å²) >= 11 is 0. The fourth-order valence-corrected chi connectivity index (χ4v) is 7.84. The average molecular weight is 768 g/mol. The summed E-state index contributed by atoms with van der Waals surface area (Å²) in [6.07, 6.45) is 4.73. The van der Waals surface area contributed by atoms with Crippen molar-refractivity contribution in [2.75, 3.05) is 37.6 Å². The molecule has 9 nitrogen and oxygen atoms in total. The highest BCUT2D eigenvalue weighted by molar-refractivity contribution is 6.15. The first-order valence-corrected chi connectivity index (χ1v) is 19.8. The van der Waals surface area contributed by atoms with Gasteiger partial charge in [0.05, 0.1) is 17.1 Å². The highest BCUT2D eigenvalue weighted by Gasteiger charge is 2.26. The minimum Gasteiger partial charge on any atom is -0.450 e. The SMILES string of the molecule is Cc1ccc(C(=O)NC(=O)c2oc3ccc(N4CCN(CCCCc5cn(C(=O)c6ccc(C)cc6)c6ccc(C#N)cc56)CC4)cc3c2-c2ccc(C)cc2)cc1. The molecule has 0 saturated carbocycles. The van der Waals surface area contributed by atoms with Gasteiger partial charge in [-0.3, -0.25) is 29.2 Å². The van der Waals surface area contributed by atoms with Gasteiger partial charge in [-0.05, 0) is 118 Å². The van der Waals surface area contributed by atoms with E-state index >= 15 is 0 Å². The molecular weight excluding hydrogens is 723 g/mol. The van der Waals surface area contributed by atoms with E-state index in [9.17, 15) is 19.6 Å². The molecule has 1 aliphatic rings. The van der Waals surface area contributed by atoms with Crippen molar-refractivity contribution < 1.29 is 18.8 Å². The van der Waals surface area contributed by atoms with E-state index in [0.717, 1.165) is 102 Å². The Bertz CT molecular complexity index is 2690. The second-order valence-electron chi connectivity index (χ2n) is 15.3. The number of fused-ring (bicyclic) bond motifs is 2. The van der Waals surface area contributed by atoms with E-state index in [1.165, 1.54) is 0 Å². The second-order valence-corrected chi connectivity index (χ2v) is 15.3. The Morgan fingerprint density at radius 1 is 0.707 bits per heavy atom. The maximum atomic E-state index is 13.6. The van der Waals surface area contributed by atoms with Crippen LogP contribution in [0.5, 0.6) is 0 Å². The lowest BCUT2D eigenvalue weighted by Crippen LogP contribution is -2.46. The van der Waals surface area contributed by atoms with E-state index in [0.29, 0.717) is 27.8 Å². The average Bonchev–Trinajstić information content (AvgIpc) is 3.81. The third kappa shape index (κ3) is 7.93. The summed E-state index contributed by atoms with van der Waals surface area (Å²) in [5.74, 6) is -1.03. The van der Waals surface area contributed by atoms with Crippen molar-refractivity contribution in [1.82, 2.24) is 14.8 Å². The van der Waals surface area contributed by atoms with Crippen LogP contribution < -0.4 is 10.2 Å². The summed E-state index contributed by atoms with van der Waals surface area (Å²) in [7, 11) is 0. The highest BCUT2D eigenvalue weighted by atomic mass is 16.3. The Morgan fingerprint density at radius 3 is 2.03 bits per heavy atom. The number of imide groups is 1. The molecule has 0 spiro atoms. The Balaban J connectivity index is 0.928. The van der Waals surface area contributed by atoms with Crippen molar-refractivity contribution in [2.24, 2.45) is 0 Å². The minimum atomic E-state index is -0.582. The Morgan fingerprint density at radius 2 is 1.36 bits per heavy atom. The smallest absolute Gasteiger partial charge is 0.294 e. The van der Waals surface area contributed by atoms with Gasteiger partial charge in [-0.1, -0.05) is 65.2 Å². The predicted molar refractivity (Wildman–Crippen MR) is 229 cm³/mol. The second kappa shape index (κ2) is 16.4. The first kappa shape index (κ1) is 38.1. The molecule has 5 aromatic carbocycles. The van der Waals surface area contributed by atoms with Gasteiger partial charge < -0.3 is 9.32 Å². The number of piperazine rings is 1. The standard InChI is InChI=1S/C49H45N5O4/c1-32-7-14-36(15-8-32)45-42-29-40(20-22-44(42)58-46(45)48(56)51-47(55)37-16-9-33(2)10-17-37)53-26-24-52(25-27-53)23-5-4-6-39-31-54(43-21-13-35(30-50)28-41(39)43)49(57)38-18-11-34(3)12-19-38/h7-22,28-29,31H,4-6,23-27H2,1-3H3,(H,51,55,56). The number of amides is 2. The number of furan rings is 1. The Labute approximate surface area is 338 Å². The molecule has 1 fully saturated rings. The largest absolute Gasteiger partial charge is 0.450 e. The van der Waals surface area contributed by atoms with Crippen LogP contribution in [0, 0.1) is 32.1 Å². The van der Waals surface area contributed by atoms with E-state index in [2.05, 4.69) is 27.3 Å². The number of anilines is 1.